The molecule has 3 nitrogen and oxygen atoms in total. The van der Waals surface area contributed by atoms with Crippen LogP contribution < -0.4 is 4.80 Å². The van der Waals surface area contributed by atoms with Gasteiger partial charge >= 0.3 is 0 Å². The molecule has 0 aliphatic rings. The number of benzene rings is 3. The van der Waals surface area contributed by atoms with Gasteiger partial charge in [0, 0.05) is 5.56 Å². The highest BCUT2D eigenvalue weighted by Gasteiger charge is 2.09. The second kappa shape index (κ2) is 7.67. The van der Waals surface area contributed by atoms with Gasteiger partial charge in [0.05, 0.1) is 16.8 Å². The van der Waals surface area contributed by atoms with Crippen molar-refractivity contribution in [3.05, 3.63) is 88.7 Å². The number of rotatable bonds is 3. The van der Waals surface area contributed by atoms with E-state index in [9.17, 15) is 4.79 Å². The average Bonchev–Trinajstić information content (AvgIpc) is 3.05. The number of thiazole rings is 1. The van der Waals surface area contributed by atoms with Crippen LogP contribution in [0.2, 0.25) is 0 Å². The Labute approximate surface area is 167 Å². The Bertz CT molecular complexity index is 1260. The minimum atomic E-state index is -0.270. The minimum absolute atomic E-state index is 0.270. The van der Waals surface area contributed by atoms with Crippen LogP contribution in [0, 0.1) is 19.3 Å². The molecule has 1 aromatic heterocycles. The van der Waals surface area contributed by atoms with Crippen LogP contribution >= 0.6 is 11.3 Å². The molecule has 0 spiro atoms. The highest BCUT2D eigenvalue weighted by Crippen LogP contribution is 2.21. The molecule has 0 radical (unpaired) electrons. The second-order valence-corrected chi connectivity index (χ2v) is 7.52. The van der Waals surface area contributed by atoms with E-state index in [0.717, 1.165) is 26.9 Å². The van der Waals surface area contributed by atoms with E-state index in [-0.39, 0.29) is 5.91 Å². The molecule has 136 valence electrons. The fourth-order valence-corrected chi connectivity index (χ4v) is 4.22. The molecule has 0 saturated carbocycles. The van der Waals surface area contributed by atoms with E-state index in [0.29, 0.717) is 16.9 Å². The van der Waals surface area contributed by atoms with Crippen molar-refractivity contribution >= 4 is 27.5 Å². The number of aryl methyl sites for hydroxylation is 1. The van der Waals surface area contributed by atoms with Gasteiger partial charge in [-0.3, -0.25) is 4.79 Å². The van der Waals surface area contributed by atoms with Crippen LogP contribution in [0.25, 0.3) is 21.3 Å². The van der Waals surface area contributed by atoms with Crippen molar-refractivity contribution in [3.63, 3.8) is 0 Å². The monoisotopic (exact) mass is 382 g/mol. The van der Waals surface area contributed by atoms with Crippen LogP contribution in [-0.2, 0) is 6.54 Å². The van der Waals surface area contributed by atoms with Crippen LogP contribution in [0.5, 0.6) is 0 Å². The Morgan fingerprint density at radius 3 is 2.46 bits per heavy atom. The van der Waals surface area contributed by atoms with Crippen LogP contribution in [0.15, 0.2) is 77.8 Å². The first-order valence-corrected chi connectivity index (χ1v) is 9.75. The topological polar surface area (TPSA) is 34.4 Å². The second-order valence-electron chi connectivity index (χ2n) is 6.51. The number of fused-ring (bicyclic) bond motifs is 1. The Kier molecular flexibility index (Phi) is 4.92. The normalized spacial score (nSPS) is 11.5. The first-order chi connectivity index (χ1) is 13.7. The largest absolute Gasteiger partial charge is 0.305 e. The average molecular weight is 382 g/mol. The minimum Gasteiger partial charge on any atom is -0.305 e. The number of nitrogens with zero attached hydrogens (tertiary/aromatic N) is 2. The smallest absolute Gasteiger partial charge is 0.279 e. The summed E-state index contributed by atoms with van der Waals surface area (Å²) in [5.41, 5.74) is 4.90. The van der Waals surface area contributed by atoms with Gasteiger partial charge < -0.3 is 4.57 Å². The van der Waals surface area contributed by atoms with Crippen molar-refractivity contribution in [2.75, 3.05) is 0 Å². The fraction of sp³-hybridized carbons (Fsp3) is 0.0833. The van der Waals surface area contributed by atoms with Crippen molar-refractivity contribution in [1.29, 1.82) is 0 Å². The molecule has 0 unspecified atom stereocenters. The number of amides is 1. The summed E-state index contributed by atoms with van der Waals surface area (Å²) < 4.78 is 2.98. The summed E-state index contributed by atoms with van der Waals surface area (Å²) in [6.07, 6.45) is 5.53. The van der Waals surface area contributed by atoms with Gasteiger partial charge in [0.2, 0.25) is 0 Å². The SMILES string of the molecule is C#CCn1c(=NC(=O)c2ccc(-c3ccccc3)cc2)sc2cc(C)ccc21. The number of hydrogen-bond donors (Lipinski definition) is 0. The Balaban J connectivity index is 1.72. The lowest BCUT2D eigenvalue weighted by Crippen LogP contribution is -2.16. The highest BCUT2D eigenvalue weighted by atomic mass is 32.1. The lowest BCUT2D eigenvalue weighted by atomic mass is 10.0. The van der Waals surface area contributed by atoms with Gasteiger partial charge in [-0.2, -0.15) is 4.99 Å². The van der Waals surface area contributed by atoms with Gasteiger partial charge in [-0.05, 0) is 47.9 Å². The molecule has 0 atom stereocenters. The third kappa shape index (κ3) is 3.53. The zero-order chi connectivity index (χ0) is 19.5. The molecule has 28 heavy (non-hydrogen) atoms. The predicted molar refractivity (Wildman–Crippen MR) is 115 cm³/mol. The van der Waals surface area contributed by atoms with Crippen LogP contribution in [-0.4, -0.2) is 10.5 Å². The lowest BCUT2D eigenvalue weighted by Gasteiger charge is -2.02. The maximum Gasteiger partial charge on any atom is 0.279 e. The fourth-order valence-electron chi connectivity index (χ4n) is 3.10. The van der Waals surface area contributed by atoms with Gasteiger partial charge in [0.15, 0.2) is 4.80 Å². The number of terminal acetylenes is 1. The van der Waals surface area contributed by atoms with E-state index in [1.807, 2.05) is 78.2 Å². The number of hydrogen-bond acceptors (Lipinski definition) is 2. The zero-order valence-corrected chi connectivity index (χ0v) is 16.2. The Morgan fingerprint density at radius 1 is 1.04 bits per heavy atom. The number of carbonyl (C=O) groups is 1. The van der Waals surface area contributed by atoms with Crippen molar-refractivity contribution < 1.29 is 4.79 Å². The van der Waals surface area contributed by atoms with E-state index in [1.54, 1.807) is 0 Å². The number of aromatic nitrogens is 1. The molecule has 1 amide bonds. The summed E-state index contributed by atoms with van der Waals surface area (Å²) in [6, 6.07) is 23.7. The molecule has 0 fully saturated rings. The van der Waals surface area contributed by atoms with Gasteiger partial charge in [-0.15, -0.1) is 6.42 Å². The summed E-state index contributed by atoms with van der Waals surface area (Å²) in [5, 5.41) is 0. The molecule has 4 aromatic rings. The molecule has 0 aliphatic heterocycles. The highest BCUT2D eigenvalue weighted by molar-refractivity contribution is 7.16. The van der Waals surface area contributed by atoms with Crippen LogP contribution in [0.4, 0.5) is 0 Å². The molecular weight excluding hydrogens is 364 g/mol. The molecule has 0 bridgehead atoms. The molecule has 1 heterocycles. The first-order valence-electron chi connectivity index (χ1n) is 8.94. The zero-order valence-electron chi connectivity index (χ0n) is 15.4. The molecule has 0 N–H and O–H groups in total. The van der Waals surface area contributed by atoms with Gasteiger partial charge in [0.1, 0.15) is 0 Å². The van der Waals surface area contributed by atoms with Crippen LogP contribution in [0.1, 0.15) is 15.9 Å². The van der Waals surface area contributed by atoms with E-state index in [4.69, 9.17) is 6.42 Å². The molecule has 0 saturated heterocycles. The maximum atomic E-state index is 12.7. The number of carbonyl (C=O) groups excluding carboxylic acids is 1. The first kappa shape index (κ1) is 18.0. The predicted octanol–water partition coefficient (Wildman–Crippen LogP) is 5.05. The molecular formula is C24H18N2OS. The Hall–Kier alpha value is -3.42. The van der Waals surface area contributed by atoms with Crippen molar-refractivity contribution in [1.82, 2.24) is 4.57 Å². The summed E-state index contributed by atoms with van der Waals surface area (Å²) in [6.45, 7) is 2.42. The van der Waals surface area contributed by atoms with E-state index < -0.39 is 0 Å². The molecule has 4 rings (SSSR count). The van der Waals surface area contributed by atoms with Gasteiger partial charge in [-0.1, -0.05) is 65.8 Å². The molecule has 3 aromatic carbocycles. The molecule has 0 aliphatic carbocycles. The van der Waals surface area contributed by atoms with E-state index in [2.05, 4.69) is 17.0 Å². The lowest BCUT2D eigenvalue weighted by molar-refractivity contribution is 0.0998. The van der Waals surface area contributed by atoms with Crippen LogP contribution in [0.3, 0.4) is 0 Å². The molecule has 4 heteroatoms. The van der Waals surface area contributed by atoms with Gasteiger partial charge in [-0.25, -0.2) is 0 Å². The third-order valence-electron chi connectivity index (χ3n) is 4.52. The van der Waals surface area contributed by atoms with Gasteiger partial charge in [0.25, 0.3) is 5.91 Å². The van der Waals surface area contributed by atoms with Crippen molar-refractivity contribution in [3.8, 4) is 23.5 Å². The van der Waals surface area contributed by atoms with E-state index >= 15 is 0 Å². The summed E-state index contributed by atoms with van der Waals surface area (Å²) in [5.74, 6) is 2.38. The standard InChI is InChI=1S/C24H18N2OS/c1-3-15-26-21-14-9-17(2)16-22(21)28-24(26)25-23(27)20-12-10-19(11-13-20)18-7-5-4-6-8-18/h1,4-14,16H,15H2,2H3. The van der Waals surface area contributed by atoms with Crippen molar-refractivity contribution in [2.24, 2.45) is 4.99 Å². The van der Waals surface area contributed by atoms with E-state index in [1.165, 1.54) is 11.3 Å². The summed E-state index contributed by atoms with van der Waals surface area (Å²) in [4.78, 5) is 17.7. The summed E-state index contributed by atoms with van der Waals surface area (Å²) >= 11 is 1.48. The Morgan fingerprint density at radius 2 is 1.75 bits per heavy atom. The quantitative estimate of drug-likeness (QED) is 0.457. The summed E-state index contributed by atoms with van der Waals surface area (Å²) in [7, 11) is 0. The third-order valence-corrected chi connectivity index (χ3v) is 5.56. The van der Waals surface area contributed by atoms with Crippen molar-refractivity contribution in [2.45, 2.75) is 13.5 Å². The maximum absolute atomic E-state index is 12.7.